The zero-order valence-corrected chi connectivity index (χ0v) is 8.33. The minimum atomic E-state index is -1.14. The average molecular weight is 199 g/mol. The summed E-state index contributed by atoms with van der Waals surface area (Å²) in [5, 5.41) is 0.131. The lowest BCUT2D eigenvalue weighted by molar-refractivity contribution is 0.295. The van der Waals surface area contributed by atoms with Gasteiger partial charge in [0, 0.05) is 5.92 Å². The average Bonchev–Trinajstić information content (AvgIpc) is 2.81. The largest absolute Gasteiger partial charge is 0.279 e. The Morgan fingerprint density at radius 2 is 2.23 bits per heavy atom. The highest BCUT2D eigenvalue weighted by molar-refractivity contribution is 7.81. The van der Waals surface area contributed by atoms with E-state index in [1.165, 1.54) is 5.01 Å². The summed E-state index contributed by atoms with van der Waals surface area (Å²) in [6, 6.07) is 0. The summed E-state index contributed by atoms with van der Waals surface area (Å²) in [5.41, 5.74) is 5.76. The molecule has 72 valence electrons. The van der Waals surface area contributed by atoms with Crippen LogP contribution in [0.1, 0.15) is 19.8 Å². The third-order valence-corrected chi connectivity index (χ3v) is 2.52. The molecule has 1 atom stereocenters. The minimum absolute atomic E-state index is 0.471. The van der Waals surface area contributed by atoms with Gasteiger partial charge in [-0.15, -0.1) is 12.6 Å². The van der Waals surface area contributed by atoms with Crippen LogP contribution in [0, 0.1) is 5.92 Å². The summed E-state index contributed by atoms with van der Waals surface area (Å²) >= 11 is 4.16. The van der Waals surface area contributed by atoms with Gasteiger partial charge in [-0.25, -0.2) is 20.8 Å². The van der Waals surface area contributed by atoms with E-state index >= 15 is 0 Å². The monoisotopic (exact) mass is 199 g/mol. The molecule has 0 aromatic heterocycles. The van der Waals surface area contributed by atoms with Crippen LogP contribution in [-0.2, 0) is 0 Å². The van der Waals surface area contributed by atoms with Gasteiger partial charge >= 0.3 is 0 Å². The molecule has 2 aliphatic rings. The molecule has 1 unspecified atom stereocenters. The number of hydrazine groups is 1. The molecule has 0 aromatic rings. The Balaban J connectivity index is 2.30. The first-order valence-electron chi connectivity index (χ1n) is 4.22. The summed E-state index contributed by atoms with van der Waals surface area (Å²) in [4.78, 5) is 8.44. The second-order valence-electron chi connectivity index (χ2n) is 3.46. The molecular formula is C7H13N5S. The van der Waals surface area contributed by atoms with E-state index < -0.39 is 5.12 Å². The molecule has 2 rings (SSSR count). The van der Waals surface area contributed by atoms with E-state index in [0.717, 1.165) is 18.7 Å². The molecule has 0 aromatic carbocycles. The Hall–Kier alpha value is -0.590. The van der Waals surface area contributed by atoms with Crippen LogP contribution in [0.25, 0.3) is 0 Å². The molecule has 1 heterocycles. The zero-order chi connectivity index (χ0) is 9.64. The number of amidine groups is 2. The van der Waals surface area contributed by atoms with Crippen molar-refractivity contribution in [1.29, 1.82) is 0 Å². The van der Waals surface area contributed by atoms with E-state index in [-0.39, 0.29) is 0 Å². The maximum absolute atomic E-state index is 5.76. The molecule has 1 saturated carbocycles. The fourth-order valence-corrected chi connectivity index (χ4v) is 1.48. The van der Waals surface area contributed by atoms with E-state index in [2.05, 4.69) is 22.6 Å². The molecule has 1 aliphatic heterocycles. The van der Waals surface area contributed by atoms with Crippen molar-refractivity contribution in [2.45, 2.75) is 24.9 Å². The third kappa shape index (κ3) is 1.56. The quantitative estimate of drug-likeness (QED) is 0.313. The highest BCUT2D eigenvalue weighted by Gasteiger charge is 2.36. The van der Waals surface area contributed by atoms with Crippen LogP contribution in [0.4, 0.5) is 0 Å². The van der Waals surface area contributed by atoms with Gasteiger partial charge in [-0.1, -0.05) is 0 Å². The van der Waals surface area contributed by atoms with Crippen molar-refractivity contribution in [3.63, 3.8) is 0 Å². The van der Waals surface area contributed by atoms with Gasteiger partial charge in [0.1, 0.15) is 11.7 Å². The predicted molar refractivity (Wildman–Crippen MR) is 55.2 cm³/mol. The van der Waals surface area contributed by atoms with E-state index in [4.69, 9.17) is 11.6 Å². The van der Waals surface area contributed by atoms with E-state index in [1.54, 1.807) is 6.92 Å². The molecule has 13 heavy (non-hydrogen) atoms. The third-order valence-electron chi connectivity index (χ3n) is 2.20. The molecule has 0 spiro atoms. The molecule has 0 radical (unpaired) electrons. The SMILES string of the molecule is CC1=NC(C2CC2)=NC(N)(S)N1N. The Bertz CT molecular complexity index is 291. The van der Waals surface area contributed by atoms with Crippen LogP contribution in [-0.4, -0.2) is 21.8 Å². The van der Waals surface area contributed by atoms with Crippen molar-refractivity contribution in [3.8, 4) is 0 Å². The lowest BCUT2D eigenvalue weighted by Gasteiger charge is -2.34. The highest BCUT2D eigenvalue weighted by atomic mass is 32.1. The number of hydrogen-bond acceptors (Lipinski definition) is 6. The van der Waals surface area contributed by atoms with Gasteiger partial charge in [0.15, 0.2) is 0 Å². The molecule has 1 fully saturated rings. The number of nitrogens with two attached hydrogens (primary N) is 2. The Morgan fingerprint density at radius 1 is 1.62 bits per heavy atom. The van der Waals surface area contributed by atoms with Gasteiger partial charge in [0.25, 0.3) is 0 Å². The van der Waals surface area contributed by atoms with E-state index in [0.29, 0.717) is 11.8 Å². The first-order chi connectivity index (χ1) is 6.00. The number of aliphatic imine (C=N–C) groups is 2. The highest BCUT2D eigenvalue weighted by Crippen LogP contribution is 2.34. The number of rotatable bonds is 1. The summed E-state index contributed by atoms with van der Waals surface area (Å²) in [5.74, 6) is 7.55. The summed E-state index contributed by atoms with van der Waals surface area (Å²) < 4.78 is 0. The van der Waals surface area contributed by atoms with Gasteiger partial charge in [0.2, 0.25) is 5.12 Å². The van der Waals surface area contributed by atoms with Crippen LogP contribution in [0.3, 0.4) is 0 Å². The van der Waals surface area contributed by atoms with Crippen molar-refractivity contribution in [3.05, 3.63) is 0 Å². The number of thiol groups is 1. The molecule has 6 heteroatoms. The van der Waals surface area contributed by atoms with Gasteiger partial charge in [0.05, 0.1) is 0 Å². The topological polar surface area (TPSA) is 80.0 Å². The van der Waals surface area contributed by atoms with Crippen LogP contribution < -0.4 is 11.6 Å². The van der Waals surface area contributed by atoms with Crippen molar-refractivity contribution < 1.29 is 0 Å². The van der Waals surface area contributed by atoms with Crippen LogP contribution in [0.15, 0.2) is 9.98 Å². The maximum atomic E-state index is 5.76. The van der Waals surface area contributed by atoms with Crippen LogP contribution >= 0.6 is 12.6 Å². The van der Waals surface area contributed by atoms with Gasteiger partial charge < -0.3 is 0 Å². The second-order valence-corrected chi connectivity index (χ2v) is 4.12. The first kappa shape index (κ1) is 8.98. The lowest BCUT2D eigenvalue weighted by Crippen LogP contribution is -2.58. The predicted octanol–water partition coefficient (Wildman–Crippen LogP) is -0.0976. The van der Waals surface area contributed by atoms with E-state index in [1.807, 2.05) is 0 Å². The molecule has 0 amide bonds. The Labute approximate surface area is 82.3 Å². The van der Waals surface area contributed by atoms with E-state index in [9.17, 15) is 0 Å². The van der Waals surface area contributed by atoms with Gasteiger partial charge in [-0.2, -0.15) is 0 Å². The smallest absolute Gasteiger partial charge is 0.248 e. The molecule has 0 bridgehead atoms. The normalized spacial score (nSPS) is 34.3. The zero-order valence-electron chi connectivity index (χ0n) is 7.44. The standard InChI is InChI=1S/C7H13N5S/c1-4-10-6(5-2-3-5)11-7(8,13)12(4)9/h5,13H,2-3,8-9H2,1H3. The van der Waals surface area contributed by atoms with Crippen molar-refractivity contribution in [2.75, 3.05) is 0 Å². The molecular weight excluding hydrogens is 186 g/mol. The van der Waals surface area contributed by atoms with Crippen molar-refractivity contribution >= 4 is 24.3 Å². The fraction of sp³-hybridized carbons (Fsp3) is 0.714. The van der Waals surface area contributed by atoms with Crippen LogP contribution in [0.2, 0.25) is 0 Å². The fourth-order valence-electron chi connectivity index (χ4n) is 1.23. The number of hydrogen-bond donors (Lipinski definition) is 3. The molecule has 5 nitrogen and oxygen atoms in total. The summed E-state index contributed by atoms with van der Waals surface area (Å²) in [6.07, 6.45) is 2.29. The maximum Gasteiger partial charge on any atom is 0.248 e. The van der Waals surface area contributed by atoms with Crippen molar-refractivity contribution in [1.82, 2.24) is 5.01 Å². The molecule has 1 aliphatic carbocycles. The summed E-state index contributed by atoms with van der Waals surface area (Å²) in [7, 11) is 0. The second kappa shape index (κ2) is 2.70. The Kier molecular flexibility index (Phi) is 1.86. The van der Waals surface area contributed by atoms with Crippen LogP contribution in [0.5, 0.6) is 0 Å². The number of nitrogens with zero attached hydrogens (tertiary/aromatic N) is 3. The lowest BCUT2D eigenvalue weighted by atomic mass is 10.3. The van der Waals surface area contributed by atoms with Gasteiger partial charge in [-0.3, -0.25) is 5.73 Å². The Morgan fingerprint density at radius 3 is 2.69 bits per heavy atom. The van der Waals surface area contributed by atoms with Gasteiger partial charge in [-0.05, 0) is 19.8 Å². The first-order valence-corrected chi connectivity index (χ1v) is 4.66. The molecule has 0 saturated heterocycles. The minimum Gasteiger partial charge on any atom is -0.279 e. The summed E-state index contributed by atoms with van der Waals surface area (Å²) in [6.45, 7) is 1.80. The molecule has 4 N–H and O–H groups in total. The van der Waals surface area contributed by atoms with Crippen molar-refractivity contribution in [2.24, 2.45) is 27.5 Å².